The third-order valence-corrected chi connectivity index (χ3v) is 6.82. The molecule has 0 spiro atoms. The van der Waals surface area contributed by atoms with Gasteiger partial charge < -0.3 is 18.9 Å². The van der Waals surface area contributed by atoms with E-state index >= 15 is 0 Å². The maximum absolute atomic E-state index is 13.0. The van der Waals surface area contributed by atoms with Crippen LogP contribution in [0.1, 0.15) is 35.7 Å². The number of imidazole rings is 1. The molecule has 6 nitrogen and oxygen atoms in total. The lowest BCUT2D eigenvalue weighted by molar-refractivity contribution is -0.117. The Balaban J connectivity index is 1.35. The van der Waals surface area contributed by atoms with E-state index in [0.717, 1.165) is 41.3 Å². The standard InChI is InChI=1S/C29H31N3O3/c1-20-13-14-23(17-21(20)2)35-16-8-15-31-25-10-5-4-9-24(25)30-29(31)22-18-28(33)32(19-22)26-11-6-7-12-27(26)34-3/h4-7,9-14,17,22H,8,15-16,18-19H2,1-3H3. The van der Waals surface area contributed by atoms with Gasteiger partial charge in [0.15, 0.2) is 0 Å². The zero-order valence-corrected chi connectivity index (χ0v) is 20.5. The van der Waals surface area contributed by atoms with E-state index < -0.39 is 0 Å². The molecule has 0 aliphatic carbocycles. The van der Waals surface area contributed by atoms with Crippen molar-refractivity contribution in [3.05, 3.63) is 83.7 Å². The molecule has 4 aromatic rings. The molecule has 1 aromatic heterocycles. The Kier molecular flexibility index (Phi) is 6.45. The molecule has 35 heavy (non-hydrogen) atoms. The first-order valence-electron chi connectivity index (χ1n) is 12.1. The molecule has 5 rings (SSSR count). The van der Waals surface area contributed by atoms with E-state index in [9.17, 15) is 4.79 Å². The first-order valence-corrected chi connectivity index (χ1v) is 12.1. The van der Waals surface area contributed by atoms with Crippen molar-refractivity contribution in [1.29, 1.82) is 0 Å². The van der Waals surface area contributed by atoms with Crippen LogP contribution in [0.25, 0.3) is 11.0 Å². The number of nitrogens with zero attached hydrogens (tertiary/aromatic N) is 3. The Hall–Kier alpha value is -3.80. The summed E-state index contributed by atoms with van der Waals surface area (Å²) in [4.78, 5) is 19.8. The fraction of sp³-hybridized carbons (Fsp3) is 0.310. The molecular weight excluding hydrogens is 438 g/mol. The number of carbonyl (C=O) groups excluding carboxylic acids is 1. The highest BCUT2D eigenvalue weighted by molar-refractivity contribution is 5.97. The van der Waals surface area contributed by atoms with Crippen LogP contribution in [0.3, 0.4) is 0 Å². The molecule has 1 unspecified atom stereocenters. The minimum Gasteiger partial charge on any atom is -0.495 e. The summed E-state index contributed by atoms with van der Waals surface area (Å²) in [6, 6.07) is 22.1. The number of hydrogen-bond donors (Lipinski definition) is 0. The van der Waals surface area contributed by atoms with Crippen molar-refractivity contribution in [3.8, 4) is 11.5 Å². The van der Waals surface area contributed by atoms with E-state index in [0.29, 0.717) is 25.3 Å². The van der Waals surface area contributed by atoms with Gasteiger partial charge in [-0.2, -0.15) is 0 Å². The topological polar surface area (TPSA) is 56.6 Å². The maximum Gasteiger partial charge on any atom is 0.227 e. The Labute approximate surface area is 206 Å². The van der Waals surface area contributed by atoms with E-state index in [1.165, 1.54) is 11.1 Å². The highest BCUT2D eigenvalue weighted by atomic mass is 16.5. The Morgan fingerprint density at radius 1 is 1.00 bits per heavy atom. The summed E-state index contributed by atoms with van der Waals surface area (Å²) in [7, 11) is 1.64. The molecule has 0 radical (unpaired) electrons. The maximum atomic E-state index is 13.0. The highest BCUT2D eigenvalue weighted by Crippen LogP contribution is 2.37. The Bertz CT molecular complexity index is 1360. The molecule has 1 atom stereocenters. The number of benzene rings is 3. The lowest BCUT2D eigenvalue weighted by atomic mass is 10.1. The molecule has 0 N–H and O–H groups in total. The second-order valence-corrected chi connectivity index (χ2v) is 9.14. The zero-order chi connectivity index (χ0) is 24.4. The van der Waals surface area contributed by atoms with Gasteiger partial charge in [0, 0.05) is 25.4 Å². The molecular formula is C29H31N3O3. The first kappa shape index (κ1) is 23.0. The quantitative estimate of drug-likeness (QED) is 0.313. The van der Waals surface area contributed by atoms with Gasteiger partial charge in [-0.25, -0.2) is 4.98 Å². The first-order chi connectivity index (χ1) is 17.0. The number of methoxy groups -OCH3 is 1. The van der Waals surface area contributed by atoms with Gasteiger partial charge >= 0.3 is 0 Å². The van der Waals surface area contributed by atoms with Crippen LogP contribution in [-0.2, 0) is 11.3 Å². The normalized spacial score (nSPS) is 15.7. The number of hydrogen-bond acceptors (Lipinski definition) is 4. The largest absolute Gasteiger partial charge is 0.495 e. The van der Waals surface area contributed by atoms with Crippen LogP contribution < -0.4 is 14.4 Å². The van der Waals surface area contributed by atoms with Crippen LogP contribution in [0.15, 0.2) is 66.7 Å². The molecule has 3 aromatic carbocycles. The van der Waals surface area contributed by atoms with Crippen molar-refractivity contribution in [3.63, 3.8) is 0 Å². The summed E-state index contributed by atoms with van der Waals surface area (Å²) in [5.74, 6) is 2.68. The second-order valence-electron chi connectivity index (χ2n) is 9.14. The number of rotatable bonds is 8. The molecule has 0 bridgehead atoms. The predicted octanol–water partition coefficient (Wildman–Crippen LogP) is 5.65. The van der Waals surface area contributed by atoms with Crippen LogP contribution in [0.5, 0.6) is 11.5 Å². The van der Waals surface area contributed by atoms with E-state index in [-0.39, 0.29) is 11.8 Å². The summed E-state index contributed by atoms with van der Waals surface area (Å²) in [5, 5.41) is 0. The van der Waals surface area contributed by atoms with Crippen LogP contribution in [-0.4, -0.2) is 35.7 Å². The van der Waals surface area contributed by atoms with Crippen molar-refractivity contribution in [2.75, 3.05) is 25.2 Å². The van der Waals surface area contributed by atoms with E-state index in [4.69, 9.17) is 14.5 Å². The van der Waals surface area contributed by atoms with Gasteiger partial charge in [0.25, 0.3) is 0 Å². The number of aryl methyl sites for hydroxylation is 3. The van der Waals surface area contributed by atoms with E-state index in [1.807, 2.05) is 53.4 Å². The molecule has 2 heterocycles. The monoisotopic (exact) mass is 469 g/mol. The lowest BCUT2D eigenvalue weighted by Gasteiger charge is -2.20. The van der Waals surface area contributed by atoms with Gasteiger partial charge in [0.1, 0.15) is 17.3 Å². The predicted molar refractivity (Wildman–Crippen MR) is 138 cm³/mol. The number of amides is 1. The van der Waals surface area contributed by atoms with Gasteiger partial charge in [-0.1, -0.05) is 30.3 Å². The van der Waals surface area contributed by atoms with Gasteiger partial charge in [-0.15, -0.1) is 0 Å². The number of fused-ring (bicyclic) bond motifs is 1. The van der Waals surface area contributed by atoms with E-state index in [1.54, 1.807) is 7.11 Å². The molecule has 6 heteroatoms. The molecule has 1 fully saturated rings. The summed E-state index contributed by atoms with van der Waals surface area (Å²) in [6.45, 7) is 6.18. The minimum absolute atomic E-state index is 0.0143. The Morgan fingerprint density at radius 3 is 2.63 bits per heavy atom. The summed E-state index contributed by atoms with van der Waals surface area (Å²) in [5.41, 5.74) is 5.36. The summed E-state index contributed by atoms with van der Waals surface area (Å²) >= 11 is 0. The minimum atomic E-state index is 0.0143. The number of ether oxygens (including phenoxy) is 2. The molecule has 180 valence electrons. The number of para-hydroxylation sites is 4. The summed E-state index contributed by atoms with van der Waals surface area (Å²) < 4.78 is 13.8. The number of carbonyl (C=O) groups is 1. The molecule has 1 aliphatic heterocycles. The van der Waals surface area contributed by atoms with Gasteiger partial charge in [0.05, 0.1) is 30.4 Å². The number of aromatic nitrogens is 2. The number of anilines is 1. The van der Waals surface area contributed by atoms with Gasteiger partial charge in [-0.05, 0) is 67.8 Å². The average molecular weight is 470 g/mol. The Morgan fingerprint density at radius 2 is 1.80 bits per heavy atom. The van der Waals surface area contributed by atoms with Crippen LogP contribution in [0.4, 0.5) is 5.69 Å². The van der Waals surface area contributed by atoms with Crippen LogP contribution in [0.2, 0.25) is 0 Å². The highest BCUT2D eigenvalue weighted by Gasteiger charge is 2.35. The fourth-order valence-electron chi connectivity index (χ4n) is 4.82. The molecule has 1 amide bonds. The summed E-state index contributed by atoms with van der Waals surface area (Å²) in [6.07, 6.45) is 1.28. The van der Waals surface area contributed by atoms with Crippen molar-refractivity contribution in [1.82, 2.24) is 9.55 Å². The third kappa shape index (κ3) is 4.61. The van der Waals surface area contributed by atoms with Crippen LogP contribution in [0, 0.1) is 13.8 Å². The van der Waals surface area contributed by atoms with Crippen molar-refractivity contribution in [2.45, 2.75) is 39.2 Å². The van der Waals surface area contributed by atoms with Crippen LogP contribution >= 0.6 is 0 Å². The second kappa shape index (κ2) is 9.82. The lowest BCUT2D eigenvalue weighted by Crippen LogP contribution is -2.25. The van der Waals surface area contributed by atoms with Gasteiger partial charge in [0.2, 0.25) is 5.91 Å². The van der Waals surface area contributed by atoms with Gasteiger partial charge in [-0.3, -0.25) is 4.79 Å². The average Bonchev–Trinajstić information content (AvgIpc) is 3.44. The smallest absolute Gasteiger partial charge is 0.227 e. The molecule has 1 aliphatic rings. The fourth-order valence-corrected chi connectivity index (χ4v) is 4.82. The van der Waals surface area contributed by atoms with Crippen molar-refractivity contribution < 1.29 is 14.3 Å². The third-order valence-electron chi connectivity index (χ3n) is 6.82. The van der Waals surface area contributed by atoms with Crippen molar-refractivity contribution >= 4 is 22.6 Å². The molecule has 0 saturated carbocycles. The SMILES string of the molecule is COc1ccccc1N1CC(c2nc3ccccc3n2CCCOc2ccc(C)c(C)c2)CC1=O. The van der Waals surface area contributed by atoms with Crippen molar-refractivity contribution in [2.24, 2.45) is 0 Å². The van der Waals surface area contributed by atoms with E-state index in [2.05, 4.69) is 36.6 Å². The molecule has 1 saturated heterocycles. The zero-order valence-electron chi connectivity index (χ0n) is 20.5.